The molecule has 0 atom stereocenters. The van der Waals surface area contributed by atoms with E-state index in [0.717, 1.165) is 5.75 Å². The van der Waals surface area contributed by atoms with Crippen LogP contribution in [0.25, 0.3) is 0 Å². The van der Waals surface area contributed by atoms with E-state index >= 15 is 0 Å². The molecule has 0 fully saturated rings. The lowest BCUT2D eigenvalue weighted by atomic mass is 10.2. The molecule has 1 heterocycles. The summed E-state index contributed by atoms with van der Waals surface area (Å²) in [5.41, 5.74) is 0.755. The van der Waals surface area contributed by atoms with Crippen molar-refractivity contribution in [2.45, 2.75) is 13.8 Å². The van der Waals surface area contributed by atoms with Crippen LogP contribution in [0.15, 0.2) is 30.5 Å². The zero-order valence-electron chi connectivity index (χ0n) is 11.3. The monoisotopic (exact) mass is 273 g/mol. The summed E-state index contributed by atoms with van der Waals surface area (Å²) < 4.78 is 5.56. The third-order valence-corrected chi connectivity index (χ3v) is 2.35. The number of anilines is 1. The van der Waals surface area contributed by atoms with Gasteiger partial charge in [-0.2, -0.15) is 0 Å². The summed E-state index contributed by atoms with van der Waals surface area (Å²) in [5, 5.41) is 16.3. The number of benzene rings is 1. The minimum atomic E-state index is -0.386. The van der Waals surface area contributed by atoms with E-state index < -0.39 is 0 Å². The van der Waals surface area contributed by atoms with Crippen LogP contribution in [0, 0.1) is 5.92 Å². The number of nitrogens with zero attached hydrogens (tertiary/aromatic N) is 4. The normalized spacial score (nSPS) is 10.3. The maximum atomic E-state index is 11.8. The molecule has 104 valence electrons. The largest absolute Gasteiger partial charge is 0.493 e. The third kappa shape index (κ3) is 3.98. The number of carbonyl (C=O) groups excluding carboxylic acids is 1. The molecule has 0 radical (unpaired) electrons. The van der Waals surface area contributed by atoms with E-state index in [-0.39, 0.29) is 11.6 Å². The van der Waals surface area contributed by atoms with E-state index in [9.17, 15) is 4.79 Å². The van der Waals surface area contributed by atoms with Crippen LogP contribution in [0.4, 0.5) is 5.69 Å². The van der Waals surface area contributed by atoms with Crippen molar-refractivity contribution in [1.29, 1.82) is 0 Å². The molecule has 0 aliphatic carbocycles. The molecule has 0 saturated carbocycles. The molecule has 0 aliphatic heterocycles. The van der Waals surface area contributed by atoms with Crippen LogP contribution in [0.1, 0.15) is 24.3 Å². The number of aromatic nitrogens is 4. The Morgan fingerprint density at radius 1 is 1.25 bits per heavy atom. The fourth-order valence-electron chi connectivity index (χ4n) is 1.39. The second-order valence-electron chi connectivity index (χ2n) is 4.59. The van der Waals surface area contributed by atoms with Gasteiger partial charge in [-0.25, -0.2) is 0 Å². The summed E-state index contributed by atoms with van der Waals surface area (Å²) >= 11 is 0. The maximum absolute atomic E-state index is 11.8. The van der Waals surface area contributed by atoms with Gasteiger partial charge in [-0.05, 0) is 40.6 Å². The molecule has 0 saturated heterocycles. The van der Waals surface area contributed by atoms with E-state index in [1.807, 2.05) is 0 Å². The number of carbonyl (C=O) groups is 1. The predicted molar refractivity (Wildman–Crippen MR) is 72.4 cm³/mol. The van der Waals surface area contributed by atoms with Crippen molar-refractivity contribution in [3.05, 3.63) is 36.2 Å². The van der Waals surface area contributed by atoms with Crippen molar-refractivity contribution < 1.29 is 9.53 Å². The zero-order valence-corrected chi connectivity index (χ0v) is 11.3. The maximum Gasteiger partial charge on any atom is 0.277 e. The van der Waals surface area contributed by atoms with E-state index in [0.29, 0.717) is 18.2 Å². The summed E-state index contributed by atoms with van der Waals surface area (Å²) in [4.78, 5) is 11.8. The summed E-state index contributed by atoms with van der Waals surface area (Å²) in [5.74, 6) is 0.845. The smallest absolute Gasteiger partial charge is 0.277 e. The summed E-state index contributed by atoms with van der Waals surface area (Å²) in [6.07, 6.45) is 1.25. The summed E-state index contributed by atoms with van der Waals surface area (Å²) in [6.45, 7) is 4.82. The van der Waals surface area contributed by atoms with Gasteiger partial charge < -0.3 is 10.1 Å². The van der Waals surface area contributed by atoms with E-state index in [2.05, 4.69) is 39.8 Å². The molecule has 1 aromatic heterocycles. The van der Waals surface area contributed by atoms with Crippen molar-refractivity contribution >= 4 is 11.6 Å². The van der Waals surface area contributed by atoms with Gasteiger partial charge in [0.05, 0.1) is 12.8 Å². The number of rotatable bonds is 5. The lowest BCUT2D eigenvalue weighted by Gasteiger charge is -2.09. The van der Waals surface area contributed by atoms with Gasteiger partial charge in [-0.15, -0.1) is 10.2 Å². The predicted octanol–water partition coefficient (Wildman–Crippen LogP) is 1.55. The molecule has 0 bridgehead atoms. The molecule has 0 unspecified atom stereocenters. The minimum Gasteiger partial charge on any atom is -0.493 e. The van der Waals surface area contributed by atoms with Crippen molar-refractivity contribution in [1.82, 2.24) is 20.6 Å². The van der Waals surface area contributed by atoms with E-state index in [4.69, 9.17) is 4.74 Å². The molecule has 1 N–H and O–H groups in total. The van der Waals surface area contributed by atoms with Gasteiger partial charge >= 0.3 is 0 Å². The van der Waals surface area contributed by atoms with Gasteiger partial charge in [0.1, 0.15) is 5.75 Å². The molecule has 2 aromatic rings. The Labute approximate surface area is 116 Å². The Balaban J connectivity index is 1.95. The van der Waals surface area contributed by atoms with Gasteiger partial charge in [0.15, 0.2) is 5.69 Å². The highest BCUT2D eigenvalue weighted by molar-refractivity contribution is 6.02. The van der Waals surface area contributed by atoms with Crippen molar-refractivity contribution in [3.8, 4) is 5.75 Å². The molecule has 1 amide bonds. The first-order valence-electron chi connectivity index (χ1n) is 6.20. The number of hydrogen-bond acceptors (Lipinski definition) is 6. The van der Waals surface area contributed by atoms with Crippen LogP contribution in [0.5, 0.6) is 5.75 Å². The number of amides is 1. The van der Waals surface area contributed by atoms with Gasteiger partial charge in [0, 0.05) is 5.69 Å². The van der Waals surface area contributed by atoms with Crippen LogP contribution < -0.4 is 10.1 Å². The fourth-order valence-corrected chi connectivity index (χ4v) is 1.39. The van der Waals surface area contributed by atoms with Crippen molar-refractivity contribution in [2.75, 3.05) is 11.9 Å². The SMILES string of the molecule is CC(C)COc1ccc(NC(=O)c2cnnnn2)cc1. The van der Waals surface area contributed by atoms with Crippen LogP contribution in [0.3, 0.4) is 0 Å². The quantitative estimate of drug-likeness (QED) is 0.889. The molecular weight excluding hydrogens is 258 g/mol. The summed E-state index contributed by atoms with van der Waals surface area (Å²) in [7, 11) is 0. The van der Waals surface area contributed by atoms with Gasteiger partial charge in [-0.3, -0.25) is 4.79 Å². The molecule has 2 rings (SSSR count). The standard InChI is InChI=1S/C13H15N5O2/c1-9(2)8-20-11-5-3-10(4-6-11)15-13(19)12-7-14-17-18-16-12/h3-7,9H,8H2,1-2H3,(H,15,19). The summed E-state index contributed by atoms with van der Waals surface area (Å²) in [6, 6.07) is 7.12. The molecular formula is C13H15N5O2. The van der Waals surface area contributed by atoms with Crippen LogP contribution >= 0.6 is 0 Å². The first kappa shape index (κ1) is 13.9. The topological polar surface area (TPSA) is 89.9 Å². The van der Waals surface area contributed by atoms with Crippen LogP contribution in [-0.4, -0.2) is 33.1 Å². The highest BCUT2D eigenvalue weighted by Gasteiger charge is 2.08. The lowest BCUT2D eigenvalue weighted by molar-refractivity contribution is 0.102. The second kappa shape index (κ2) is 6.55. The average molecular weight is 273 g/mol. The van der Waals surface area contributed by atoms with Crippen LogP contribution in [-0.2, 0) is 0 Å². The number of nitrogens with one attached hydrogen (secondary N) is 1. The number of hydrogen-bond donors (Lipinski definition) is 1. The molecule has 0 aliphatic rings. The average Bonchev–Trinajstić information content (AvgIpc) is 2.47. The molecule has 1 aromatic carbocycles. The first-order valence-corrected chi connectivity index (χ1v) is 6.20. The lowest BCUT2D eigenvalue weighted by Crippen LogP contribution is -2.15. The van der Waals surface area contributed by atoms with Gasteiger partial charge in [0.25, 0.3) is 5.91 Å². The van der Waals surface area contributed by atoms with E-state index in [1.165, 1.54) is 6.20 Å². The minimum absolute atomic E-state index is 0.111. The highest BCUT2D eigenvalue weighted by Crippen LogP contribution is 2.16. The van der Waals surface area contributed by atoms with Crippen molar-refractivity contribution in [2.24, 2.45) is 5.92 Å². The Morgan fingerprint density at radius 3 is 2.60 bits per heavy atom. The fraction of sp³-hybridized carbons (Fsp3) is 0.308. The van der Waals surface area contributed by atoms with Crippen molar-refractivity contribution in [3.63, 3.8) is 0 Å². The Hall–Kier alpha value is -2.57. The Kier molecular flexibility index (Phi) is 4.54. The van der Waals surface area contributed by atoms with Gasteiger partial charge in [-0.1, -0.05) is 13.8 Å². The highest BCUT2D eigenvalue weighted by atomic mass is 16.5. The second-order valence-corrected chi connectivity index (χ2v) is 4.59. The third-order valence-electron chi connectivity index (χ3n) is 2.35. The van der Waals surface area contributed by atoms with Crippen LogP contribution in [0.2, 0.25) is 0 Å². The first-order chi connectivity index (χ1) is 9.65. The zero-order chi connectivity index (χ0) is 14.4. The molecule has 0 spiro atoms. The Morgan fingerprint density at radius 2 is 2.00 bits per heavy atom. The number of ether oxygens (including phenoxy) is 1. The Bertz CT molecular complexity index is 557. The van der Waals surface area contributed by atoms with E-state index in [1.54, 1.807) is 24.3 Å². The van der Waals surface area contributed by atoms with Gasteiger partial charge in [0.2, 0.25) is 0 Å². The molecule has 7 nitrogen and oxygen atoms in total. The molecule has 7 heteroatoms. The molecule has 20 heavy (non-hydrogen) atoms.